The molecular formula is C12H15BrF3N3O. The first-order chi connectivity index (χ1) is 9.15. The lowest BCUT2D eigenvalue weighted by Gasteiger charge is -2.14. The number of urea groups is 1. The van der Waals surface area contributed by atoms with Crippen molar-refractivity contribution in [1.29, 1.82) is 0 Å². The van der Waals surface area contributed by atoms with Gasteiger partial charge in [0.15, 0.2) is 0 Å². The average Bonchev–Trinajstić information content (AvgIpc) is 2.23. The predicted molar refractivity (Wildman–Crippen MR) is 76.0 cm³/mol. The molecule has 0 radical (unpaired) electrons. The third kappa shape index (κ3) is 6.65. The molecule has 0 saturated heterocycles. The molecule has 1 rings (SSSR count). The van der Waals surface area contributed by atoms with Crippen LogP contribution >= 0.6 is 15.9 Å². The number of halogens is 4. The van der Waals surface area contributed by atoms with Crippen molar-refractivity contribution in [1.82, 2.24) is 5.32 Å². The van der Waals surface area contributed by atoms with E-state index in [0.29, 0.717) is 10.2 Å². The SMILES string of the molecule is CC(C)Nc1cc(Br)cc(NC(=O)NCC(F)(F)F)c1. The number of carbonyl (C=O) groups excluding carboxylic acids is 1. The number of alkyl halides is 3. The zero-order valence-electron chi connectivity index (χ0n) is 10.9. The highest BCUT2D eigenvalue weighted by Crippen LogP contribution is 2.23. The number of anilines is 2. The second-order valence-electron chi connectivity index (χ2n) is 4.45. The van der Waals surface area contributed by atoms with Crippen LogP contribution in [0.3, 0.4) is 0 Å². The Hall–Kier alpha value is -1.44. The van der Waals surface area contributed by atoms with Crippen LogP contribution in [0.2, 0.25) is 0 Å². The molecule has 0 spiro atoms. The fourth-order valence-electron chi connectivity index (χ4n) is 1.43. The monoisotopic (exact) mass is 353 g/mol. The summed E-state index contributed by atoms with van der Waals surface area (Å²) in [6.45, 7) is 2.53. The van der Waals surface area contributed by atoms with Crippen molar-refractivity contribution < 1.29 is 18.0 Å². The Labute approximate surface area is 123 Å². The first-order valence-electron chi connectivity index (χ1n) is 5.84. The molecule has 112 valence electrons. The van der Waals surface area contributed by atoms with Gasteiger partial charge in [0.05, 0.1) is 0 Å². The number of benzene rings is 1. The van der Waals surface area contributed by atoms with Crippen LogP contribution in [0.4, 0.5) is 29.3 Å². The maximum absolute atomic E-state index is 12.0. The van der Waals surface area contributed by atoms with E-state index in [1.807, 2.05) is 13.8 Å². The lowest BCUT2D eigenvalue weighted by Crippen LogP contribution is -2.36. The molecule has 0 aliphatic rings. The van der Waals surface area contributed by atoms with Gasteiger partial charge in [0, 0.05) is 21.9 Å². The van der Waals surface area contributed by atoms with E-state index >= 15 is 0 Å². The summed E-state index contributed by atoms with van der Waals surface area (Å²) in [5.74, 6) is 0. The molecule has 0 fully saturated rings. The Morgan fingerprint density at radius 3 is 2.40 bits per heavy atom. The first-order valence-corrected chi connectivity index (χ1v) is 6.64. The van der Waals surface area contributed by atoms with E-state index in [0.717, 1.165) is 5.69 Å². The van der Waals surface area contributed by atoms with Gasteiger partial charge in [-0.25, -0.2) is 4.79 Å². The first kappa shape index (κ1) is 16.6. The highest BCUT2D eigenvalue weighted by molar-refractivity contribution is 9.10. The second-order valence-corrected chi connectivity index (χ2v) is 5.37. The molecule has 1 aromatic rings. The fraction of sp³-hybridized carbons (Fsp3) is 0.417. The van der Waals surface area contributed by atoms with Crippen LogP contribution in [0.25, 0.3) is 0 Å². The summed E-state index contributed by atoms with van der Waals surface area (Å²) in [5.41, 5.74) is 1.14. The highest BCUT2D eigenvalue weighted by Gasteiger charge is 2.27. The van der Waals surface area contributed by atoms with Gasteiger partial charge in [-0.05, 0) is 32.0 Å². The van der Waals surface area contributed by atoms with Gasteiger partial charge < -0.3 is 16.0 Å². The molecule has 0 unspecified atom stereocenters. The molecule has 0 atom stereocenters. The summed E-state index contributed by atoms with van der Waals surface area (Å²) in [4.78, 5) is 11.3. The number of nitrogens with one attached hydrogen (secondary N) is 3. The fourth-order valence-corrected chi connectivity index (χ4v) is 1.93. The molecule has 0 heterocycles. The van der Waals surface area contributed by atoms with Crippen LogP contribution < -0.4 is 16.0 Å². The van der Waals surface area contributed by atoms with E-state index in [2.05, 4.69) is 26.6 Å². The Bertz CT molecular complexity index is 478. The standard InChI is InChI=1S/C12H15BrF3N3O/c1-7(2)18-9-3-8(13)4-10(5-9)19-11(20)17-6-12(14,15)16/h3-5,7,18H,6H2,1-2H3,(H2,17,19,20). The third-order valence-corrected chi connectivity index (χ3v) is 2.52. The average molecular weight is 354 g/mol. The van der Waals surface area contributed by atoms with E-state index in [1.54, 1.807) is 23.5 Å². The minimum absolute atomic E-state index is 0.191. The zero-order chi connectivity index (χ0) is 15.3. The largest absolute Gasteiger partial charge is 0.405 e. The highest BCUT2D eigenvalue weighted by atomic mass is 79.9. The van der Waals surface area contributed by atoms with Gasteiger partial charge >= 0.3 is 12.2 Å². The summed E-state index contributed by atoms with van der Waals surface area (Å²) >= 11 is 3.27. The lowest BCUT2D eigenvalue weighted by atomic mass is 10.2. The summed E-state index contributed by atoms with van der Waals surface area (Å²) in [6.07, 6.45) is -4.43. The van der Waals surface area contributed by atoms with Gasteiger partial charge in [-0.3, -0.25) is 0 Å². The molecular weight excluding hydrogens is 339 g/mol. The quantitative estimate of drug-likeness (QED) is 0.767. The Balaban J connectivity index is 2.67. The van der Waals surface area contributed by atoms with Crippen molar-refractivity contribution in [3.8, 4) is 0 Å². The van der Waals surface area contributed by atoms with Crippen LogP contribution in [0.15, 0.2) is 22.7 Å². The van der Waals surface area contributed by atoms with Crippen molar-refractivity contribution in [2.75, 3.05) is 17.2 Å². The summed E-state index contributed by atoms with van der Waals surface area (Å²) in [6, 6.07) is 4.32. The maximum Gasteiger partial charge on any atom is 0.405 e. The van der Waals surface area contributed by atoms with E-state index in [9.17, 15) is 18.0 Å². The van der Waals surface area contributed by atoms with Crippen LogP contribution in [0.1, 0.15) is 13.8 Å². The summed E-state index contributed by atoms with van der Waals surface area (Å²) < 4.78 is 36.6. The van der Waals surface area contributed by atoms with Crippen molar-refractivity contribution in [2.24, 2.45) is 0 Å². The van der Waals surface area contributed by atoms with Crippen LogP contribution in [0.5, 0.6) is 0 Å². The lowest BCUT2D eigenvalue weighted by molar-refractivity contribution is -0.122. The van der Waals surface area contributed by atoms with Gasteiger partial charge in [0.2, 0.25) is 0 Å². The predicted octanol–water partition coefficient (Wildman–Crippen LogP) is 3.95. The van der Waals surface area contributed by atoms with Crippen LogP contribution in [0, 0.1) is 0 Å². The molecule has 0 aliphatic carbocycles. The van der Waals surface area contributed by atoms with E-state index in [-0.39, 0.29) is 6.04 Å². The number of hydrogen-bond donors (Lipinski definition) is 3. The summed E-state index contributed by atoms with van der Waals surface area (Å²) in [7, 11) is 0. The smallest absolute Gasteiger partial charge is 0.383 e. The maximum atomic E-state index is 12.0. The van der Waals surface area contributed by atoms with E-state index < -0.39 is 18.8 Å². The van der Waals surface area contributed by atoms with Gasteiger partial charge in [0.25, 0.3) is 0 Å². The van der Waals surface area contributed by atoms with E-state index in [1.165, 1.54) is 0 Å². The minimum atomic E-state index is -4.43. The van der Waals surface area contributed by atoms with Gasteiger partial charge in [0.1, 0.15) is 6.54 Å². The number of rotatable bonds is 4. The van der Waals surface area contributed by atoms with Gasteiger partial charge in [-0.2, -0.15) is 13.2 Å². The molecule has 0 saturated carbocycles. The normalized spacial score (nSPS) is 11.3. The van der Waals surface area contributed by atoms with Crippen LogP contribution in [-0.4, -0.2) is 24.8 Å². The second kappa shape index (κ2) is 6.83. The number of carbonyl (C=O) groups is 1. The Kier molecular flexibility index (Phi) is 5.67. The molecule has 1 aromatic carbocycles. The van der Waals surface area contributed by atoms with Gasteiger partial charge in [-0.1, -0.05) is 15.9 Å². The minimum Gasteiger partial charge on any atom is -0.383 e. The topological polar surface area (TPSA) is 53.2 Å². The molecule has 20 heavy (non-hydrogen) atoms. The van der Waals surface area contributed by atoms with Crippen molar-refractivity contribution >= 4 is 33.3 Å². The molecule has 0 bridgehead atoms. The molecule has 2 amide bonds. The van der Waals surface area contributed by atoms with E-state index in [4.69, 9.17) is 0 Å². The number of amides is 2. The molecule has 0 aliphatic heterocycles. The molecule has 4 nitrogen and oxygen atoms in total. The summed E-state index contributed by atoms with van der Waals surface area (Å²) in [5, 5.41) is 7.22. The van der Waals surface area contributed by atoms with Crippen molar-refractivity contribution in [2.45, 2.75) is 26.1 Å². The van der Waals surface area contributed by atoms with Crippen molar-refractivity contribution in [3.63, 3.8) is 0 Å². The van der Waals surface area contributed by atoms with Crippen LogP contribution in [-0.2, 0) is 0 Å². The van der Waals surface area contributed by atoms with Gasteiger partial charge in [-0.15, -0.1) is 0 Å². The molecule has 8 heteroatoms. The Morgan fingerprint density at radius 1 is 1.25 bits per heavy atom. The third-order valence-electron chi connectivity index (χ3n) is 2.06. The van der Waals surface area contributed by atoms with Crippen molar-refractivity contribution in [3.05, 3.63) is 22.7 Å². The molecule has 3 N–H and O–H groups in total. The zero-order valence-corrected chi connectivity index (χ0v) is 12.5. The number of hydrogen-bond acceptors (Lipinski definition) is 2. The Morgan fingerprint density at radius 2 is 1.85 bits per heavy atom. The molecule has 0 aromatic heterocycles.